The molecule has 1 aliphatic rings. The van der Waals surface area contributed by atoms with Crippen molar-refractivity contribution in [2.75, 3.05) is 5.73 Å². The van der Waals surface area contributed by atoms with Gasteiger partial charge in [-0.05, 0) is 6.92 Å². The molecule has 0 aromatic carbocycles. The van der Waals surface area contributed by atoms with E-state index in [0.717, 1.165) is 0 Å². The van der Waals surface area contributed by atoms with Gasteiger partial charge in [0.05, 0.1) is 18.5 Å². The average Bonchev–Trinajstić information content (AvgIpc) is 2.83. The van der Waals surface area contributed by atoms with E-state index in [1.54, 1.807) is 10.9 Å². The van der Waals surface area contributed by atoms with E-state index in [4.69, 9.17) is 22.1 Å². The number of imidazole rings is 1. The number of hydrogen-bond donors (Lipinski definition) is 2. The molecule has 7 nitrogen and oxygen atoms in total. The number of ether oxygens (including phenoxy) is 1. The van der Waals surface area contributed by atoms with Crippen LogP contribution >= 0.6 is 11.6 Å². The maximum absolute atomic E-state index is 9.71. The van der Waals surface area contributed by atoms with Gasteiger partial charge < -0.3 is 15.6 Å². The number of nitrogen functional groups attached to an aromatic ring is 1. The lowest BCUT2D eigenvalue weighted by molar-refractivity contribution is -0.00631. The Labute approximate surface area is 108 Å². The summed E-state index contributed by atoms with van der Waals surface area (Å²) in [5.74, 6) is 0.0841. The molecule has 0 amide bonds. The first-order chi connectivity index (χ1) is 8.56. The molecule has 0 spiro atoms. The van der Waals surface area contributed by atoms with Crippen molar-refractivity contribution in [3.8, 4) is 0 Å². The minimum atomic E-state index is -0.498. The van der Waals surface area contributed by atoms with E-state index < -0.39 is 6.10 Å². The average molecular weight is 270 g/mol. The van der Waals surface area contributed by atoms with Crippen molar-refractivity contribution in [1.29, 1.82) is 0 Å². The van der Waals surface area contributed by atoms with E-state index in [1.807, 2.05) is 6.92 Å². The van der Waals surface area contributed by atoms with Gasteiger partial charge in [0, 0.05) is 6.42 Å². The molecule has 96 valence electrons. The number of halogens is 1. The van der Waals surface area contributed by atoms with Crippen molar-refractivity contribution in [3.05, 3.63) is 11.5 Å². The number of aromatic nitrogens is 4. The Balaban J connectivity index is 2.08. The molecular formula is C10H12ClN5O2. The van der Waals surface area contributed by atoms with Gasteiger partial charge in [0.1, 0.15) is 11.7 Å². The van der Waals surface area contributed by atoms with Crippen LogP contribution in [-0.2, 0) is 4.74 Å². The lowest BCUT2D eigenvalue weighted by Crippen LogP contribution is -2.15. The van der Waals surface area contributed by atoms with E-state index >= 15 is 0 Å². The van der Waals surface area contributed by atoms with Crippen molar-refractivity contribution in [1.82, 2.24) is 19.5 Å². The van der Waals surface area contributed by atoms with E-state index in [1.165, 1.54) is 0 Å². The van der Waals surface area contributed by atoms with Crippen LogP contribution < -0.4 is 5.73 Å². The molecule has 3 N–H and O–H groups in total. The standard InChI is InChI=1S/C10H12ClN5O2/c1-4-5(17)2-6(18-4)16-3-13-7-8(11)14-10(12)15-9(7)16/h3-6,17H,2H2,1H3,(H2,12,14,15)/t4-,5+,6-/m1/s1. The van der Waals surface area contributed by atoms with Crippen LogP contribution in [0.3, 0.4) is 0 Å². The highest BCUT2D eigenvalue weighted by atomic mass is 35.5. The van der Waals surface area contributed by atoms with Crippen LogP contribution in [0.2, 0.25) is 5.15 Å². The summed E-state index contributed by atoms with van der Waals surface area (Å²) in [6.45, 7) is 1.82. The zero-order chi connectivity index (χ0) is 12.9. The summed E-state index contributed by atoms with van der Waals surface area (Å²) in [6.07, 6.45) is 1.02. The quantitative estimate of drug-likeness (QED) is 0.741. The molecule has 2 aromatic heterocycles. The molecule has 0 aliphatic carbocycles. The molecule has 0 radical (unpaired) electrons. The fourth-order valence-electron chi connectivity index (χ4n) is 2.08. The summed E-state index contributed by atoms with van der Waals surface area (Å²) in [5, 5.41) is 9.92. The lowest BCUT2D eigenvalue weighted by atomic mass is 10.2. The SMILES string of the molecule is C[C@H]1O[C@@H](n2cnc3c(Cl)nc(N)nc32)C[C@@H]1O. The third-order valence-electron chi connectivity index (χ3n) is 3.06. The summed E-state index contributed by atoms with van der Waals surface area (Å²) in [4.78, 5) is 12.1. The van der Waals surface area contributed by atoms with Crippen molar-refractivity contribution in [3.63, 3.8) is 0 Å². The number of aliphatic hydroxyl groups excluding tert-OH is 1. The number of nitrogens with two attached hydrogens (primary N) is 1. The smallest absolute Gasteiger partial charge is 0.223 e. The molecular weight excluding hydrogens is 258 g/mol. The summed E-state index contributed by atoms with van der Waals surface area (Å²) < 4.78 is 7.35. The first kappa shape index (κ1) is 11.6. The maximum atomic E-state index is 9.71. The Bertz CT molecular complexity index is 591. The molecule has 1 aliphatic heterocycles. The molecule has 3 atom stereocenters. The molecule has 3 rings (SSSR count). The summed E-state index contributed by atoms with van der Waals surface area (Å²) >= 11 is 5.94. The van der Waals surface area contributed by atoms with Crippen molar-refractivity contribution in [2.45, 2.75) is 31.8 Å². The first-order valence-corrected chi connectivity index (χ1v) is 5.93. The Kier molecular flexibility index (Phi) is 2.61. The number of hydrogen-bond acceptors (Lipinski definition) is 6. The Morgan fingerprint density at radius 1 is 1.56 bits per heavy atom. The van der Waals surface area contributed by atoms with Crippen molar-refractivity contribution in [2.24, 2.45) is 0 Å². The Morgan fingerprint density at radius 3 is 3.00 bits per heavy atom. The van der Waals surface area contributed by atoms with Gasteiger partial charge in [-0.3, -0.25) is 4.57 Å². The number of anilines is 1. The van der Waals surface area contributed by atoms with E-state index in [0.29, 0.717) is 17.6 Å². The van der Waals surface area contributed by atoms with Gasteiger partial charge >= 0.3 is 0 Å². The van der Waals surface area contributed by atoms with Crippen LogP contribution in [0.1, 0.15) is 19.6 Å². The maximum Gasteiger partial charge on any atom is 0.223 e. The lowest BCUT2D eigenvalue weighted by Gasteiger charge is -2.12. The topological polar surface area (TPSA) is 99.1 Å². The molecule has 1 saturated heterocycles. The normalized spacial score (nSPS) is 28.1. The molecule has 3 heterocycles. The highest BCUT2D eigenvalue weighted by Gasteiger charge is 2.33. The fourth-order valence-corrected chi connectivity index (χ4v) is 2.30. The third kappa shape index (κ3) is 1.71. The van der Waals surface area contributed by atoms with E-state index in [-0.39, 0.29) is 23.4 Å². The van der Waals surface area contributed by atoms with Gasteiger partial charge in [-0.15, -0.1) is 0 Å². The van der Waals surface area contributed by atoms with E-state index in [9.17, 15) is 5.11 Å². The summed E-state index contributed by atoms with van der Waals surface area (Å²) in [6, 6.07) is 0. The van der Waals surface area contributed by atoms with Gasteiger partial charge in [-0.2, -0.15) is 9.97 Å². The second-order valence-electron chi connectivity index (χ2n) is 4.30. The monoisotopic (exact) mass is 269 g/mol. The van der Waals surface area contributed by atoms with Crippen LogP contribution in [0.25, 0.3) is 11.2 Å². The zero-order valence-corrected chi connectivity index (χ0v) is 10.4. The van der Waals surface area contributed by atoms with Crippen molar-refractivity contribution < 1.29 is 9.84 Å². The molecule has 0 unspecified atom stereocenters. The molecule has 18 heavy (non-hydrogen) atoms. The molecule has 8 heteroatoms. The molecule has 2 aromatic rings. The highest BCUT2D eigenvalue weighted by molar-refractivity contribution is 6.33. The number of aliphatic hydroxyl groups is 1. The minimum Gasteiger partial charge on any atom is -0.390 e. The van der Waals surface area contributed by atoms with Crippen LogP contribution in [0.4, 0.5) is 5.95 Å². The second kappa shape index (κ2) is 4.04. The van der Waals surface area contributed by atoms with E-state index in [2.05, 4.69) is 15.0 Å². The third-order valence-corrected chi connectivity index (χ3v) is 3.33. The predicted molar refractivity (Wildman–Crippen MR) is 65.0 cm³/mol. The van der Waals surface area contributed by atoms with Gasteiger partial charge in [-0.25, -0.2) is 4.98 Å². The van der Waals surface area contributed by atoms with Crippen LogP contribution in [-0.4, -0.2) is 36.8 Å². The number of rotatable bonds is 1. The zero-order valence-electron chi connectivity index (χ0n) is 9.62. The highest BCUT2D eigenvalue weighted by Crippen LogP contribution is 2.31. The Hall–Kier alpha value is -1.44. The van der Waals surface area contributed by atoms with Crippen LogP contribution in [0.15, 0.2) is 6.33 Å². The predicted octanol–water partition coefficient (Wildman–Crippen LogP) is 0.730. The molecule has 0 bridgehead atoms. The minimum absolute atomic E-state index is 0.0841. The van der Waals surface area contributed by atoms with Gasteiger partial charge in [0.2, 0.25) is 5.95 Å². The Morgan fingerprint density at radius 2 is 2.33 bits per heavy atom. The molecule has 1 fully saturated rings. The van der Waals surface area contributed by atoms with Gasteiger partial charge in [-0.1, -0.05) is 11.6 Å². The first-order valence-electron chi connectivity index (χ1n) is 5.55. The van der Waals surface area contributed by atoms with Crippen LogP contribution in [0, 0.1) is 0 Å². The van der Waals surface area contributed by atoms with Crippen LogP contribution in [0.5, 0.6) is 0 Å². The van der Waals surface area contributed by atoms with Crippen molar-refractivity contribution >= 4 is 28.7 Å². The second-order valence-corrected chi connectivity index (χ2v) is 4.65. The molecule has 0 saturated carbocycles. The summed E-state index contributed by atoms with van der Waals surface area (Å²) in [7, 11) is 0. The largest absolute Gasteiger partial charge is 0.390 e. The number of fused-ring (bicyclic) bond motifs is 1. The number of nitrogens with zero attached hydrogens (tertiary/aromatic N) is 4. The van der Waals surface area contributed by atoms with Gasteiger partial charge in [0.25, 0.3) is 0 Å². The fraction of sp³-hybridized carbons (Fsp3) is 0.500. The summed E-state index contributed by atoms with van der Waals surface area (Å²) in [5.41, 5.74) is 6.56. The van der Waals surface area contributed by atoms with Gasteiger partial charge in [0.15, 0.2) is 10.8 Å².